The molecule has 1 aliphatic heterocycles. The first-order valence-electron chi connectivity index (χ1n) is 4.59. The molecule has 2 aliphatic rings. The van der Waals surface area contributed by atoms with Gasteiger partial charge in [-0.3, -0.25) is 0 Å². The lowest BCUT2D eigenvalue weighted by atomic mass is 9.81. The molecule has 0 radical (unpaired) electrons. The van der Waals surface area contributed by atoms with Crippen LogP contribution in [0.2, 0.25) is 0 Å². The van der Waals surface area contributed by atoms with Crippen molar-refractivity contribution in [2.75, 3.05) is 12.5 Å². The van der Waals surface area contributed by atoms with Crippen LogP contribution in [-0.2, 0) is 4.74 Å². The Balaban J connectivity index is 1.98. The number of hydrogen-bond donors (Lipinski definition) is 0. The third-order valence-electron chi connectivity index (χ3n) is 3.08. The summed E-state index contributed by atoms with van der Waals surface area (Å²) in [7, 11) is 0. The van der Waals surface area contributed by atoms with Crippen molar-refractivity contribution in [3.63, 3.8) is 0 Å². The summed E-state index contributed by atoms with van der Waals surface area (Å²) >= 11 is 5.85. The molecule has 2 rings (SSSR count). The molecule has 11 heavy (non-hydrogen) atoms. The lowest BCUT2D eigenvalue weighted by Crippen LogP contribution is -2.24. The van der Waals surface area contributed by atoms with Crippen LogP contribution in [0.3, 0.4) is 0 Å². The highest BCUT2D eigenvalue weighted by molar-refractivity contribution is 6.18. The standard InChI is InChI=1S/C9H15ClO/c10-5-7-6-11-9-4-2-1-3-8(7)9/h7-9H,1-6H2. The maximum Gasteiger partial charge on any atom is 0.0607 e. The third-order valence-corrected chi connectivity index (χ3v) is 3.48. The van der Waals surface area contributed by atoms with E-state index in [1.54, 1.807) is 0 Å². The van der Waals surface area contributed by atoms with Crippen molar-refractivity contribution in [3.05, 3.63) is 0 Å². The van der Waals surface area contributed by atoms with Gasteiger partial charge in [-0.2, -0.15) is 0 Å². The van der Waals surface area contributed by atoms with Crippen molar-refractivity contribution < 1.29 is 4.74 Å². The Morgan fingerprint density at radius 3 is 2.91 bits per heavy atom. The van der Waals surface area contributed by atoms with E-state index < -0.39 is 0 Å². The molecule has 1 heterocycles. The van der Waals surface area contributed by atoms with Crippen LogP contribution in [0.5, 0.6) is 0 Å². The van der Waals surface area contributed by atoms with Gasteiger partial charge in [0, 0.05) is 11.8 Å². The molecule has 0 aromatic rings. The zero-order valence-corrected chi connectivity index (χ0v) is 7.52. The van der Waals surface area contributed by atoms with Gasteiger partial charge in [0.15, 0.2) is 0 Å². The Bertz CT molecular complexity index is 132. The summed E-state index contributed by atoms with van der Waals surface area (Å²) in [5.74, 6) is 2.24. The molecule has 1 saturated heterocycles. The van der Waals surface area contributed by atoms with E-state index in [0.717, 1.165) is 18.4 Å². The third kappa shape index (κ3) is 1.41. The normalized spacial score (nSPS) is 43.9. The second-order valence-electron chi connectivity index (χ2n) is 3.73. The lowest BCUT2D eigenvalue weighted by molar-refractivity contribution is 0.0663. The predicted molar refractivity (Wildman–Crippen MR) is 45.9 cm³/mol. The highest BCUT2D eigenvalue weighted by Crippen LogP contribution is 2.38. The molecular weight excluding hydrogens is 160 g/mol. The van der Waals surface area contributed by atoms with E-state index in [9.17, 15) is 0 Å². The molecule has 0 amide bonds. The average molecular weight is 175 g/mol. The average Bonchev–Trinajstić information content (AvgIpc) is 2.47. The van der Waals surface area contributed by atoms with Gasteiger partial charge in [0.2, 0.25) is 0 Å². The summed E-state index contributed by atoms with van der Waals surface area (Å²) < 4.78 is 5.68. The van der Waals surface area contributed by atoms with E-state index in [4.69, 9.17) is 16.3 Å². The number of alkyl halides is 1. The van der Waals surface area contributed by atoms with Crippen LogP contribution in [0, 0.1) is 11.8 Å². The Hall–Kier alpha value is 0.250. The molecule has 0 aromatic carbocycles. The van der Waals surface area contributed by atoms with Gasteiger partial charge in [0.1, 0.15) is 0 Å². The highest BCUT2D eigenvalue weighted by Gasteiger charge is 2.37. The lowest BCUT2D eigenvalue weighted by Gasteiger charge is -2.26. The molecular formula is C9H15ClO. The molecule has 0 spiro atoms. The second kappa shape index (κ2) is 3.32. The van der Waals surface area contributed by atoms with Crippen molar-refractivity contribution in [2.45, 2.75) is 31.8 Å². The maximum absolute atomic E-state index is 5.85. The van der Waals surface area contributed by atoms with Gasteiger partial charge < -0.3 is 4.74 Å². The van der Waals surface area contributed by atoms with Gasteiger partial charge in [0.05, 0.1) is 12.7 Å². The Morgan fingerprint density at radius 2 is 2.09 bits per heavy atom. The predicted octanol–water partition coefficient (Wildman–Crippen LogP) is 2.43. The monoisotopic (exact) mass is 174 g/mol. The fourth-order valence-electron chi connectivity index (χ4n) is 2.40. The topological polar surface area (TPSA) is 9.23 Å². The molecule has 2 heteroatoms. The minimum Gasteiger partial charge on any atom is -0.378 e. The quantitative estimate of drug-likeness (QED) is 0.555. The zero-order valence-electron chi connectivity index (χ0n) is 6.76. The van der Waals surface area contributed by atoms with E-state index >= 15 is 0 Å². The molecule has 0 bridgehead atoms. The van der Waals surface area contributed by atoms with Crippen LogP contribution in [-0.4, -0.2) is 18.6 Å². The fourth-order valence-corrected chi connectivity index (χ4v) is 2.72. The van der Waals surface area contributed by atoms with Gasteiger partial charge in [-0.1, -0.05) is 12.8 Å². The number of ether oxygens (including phenoxy) is 1. The molecule has 0 aromatic heterocycles. The van der Waals surface area contributed by atoms with E-state index in [1.165, 1.54) is 25.7 Å². The largest absolute Gasteiger partial charge is 0.378 e. The highest BCUT2D eigenvalue weighted by atomic mass is 35.5. The fraction of sp³-hybridized carbons (Fsp3) is 1.00. The smallest absolute Gasteiger partial charge is 0.0607 e. The van der Waals surface area contributed by atoms with Crippen LogP contribution < -0.4 is 0 Å². The summed E-state index contributed by atoms with van der Waals surface area (Å²) in [6.07, 6.45) is 5.93. The van der Waals surface area contributed by atoms with Gasteiger partial charge in [-0.05, 0) is 18.8 Å². The van der Waals surface area contributed by atoms with E-state index in [-0.39, 0.29) is 0 Å². The Kier molecular flexibility index (Phi) is 2.38. The molecule has 2 fully saturated rings. The summed E-state index contributed by atoms with van der Waals surface area (Å²) in [5, 5.41) is 0. The van der Waals surface area contributed by atoms with Crippen molar-refractivity contribution in [2.24, 2.45) is 11.8 Å². The number of halogens is 1. The van der Waals surface area contributed by atoms with E-state index in [1.807, 2.05) is 0 Å². The van der Waals surface area contributed by atoms with Gasteiger partial charge >= 0.3 is 0 Å². The van der Waals surface area contributed by atoms with Crippen molar-refractivity contribution in [3.8, 4) is 0 Å². The summed E-state index contributed by atoms with van der Waals surface area (Å²) in [4.78, 5) is 0. The van der Waals surface area contributed by atoms with Crippen LogP contribution in [0.1, 0.15) is 25.7 Å². The Morgan fingerprint density at radius 1 is 1.27 bits per heavy atom. The van der Waals surface area contributed by atoms with Crippen LogP contribution >= 0.6 is 11.6 Å². The van der Waals surface area contributed by atoms with Gasteiger partial charge in [-0.15, -0.1) is 11.6 Å². The summed E-state index contributed by atoms with van der Waals surface area (Å²) in [6, 6.07) is 0. The Labute approximate surface area is 73.1 Å². The molecule has 1 nitrogen and oxygen atoms in total. The second-order valence-corrected chi connectivity index (χ2v) is 4.04. The minimum atomic E-state index is 0.562. The molecule has 64 valence electrons. The first kappa shape index (κ1) is 7.88. The van der Waals surface area contributed by atoms with Gasteiger partial charge in [-0.25, -0.2) is 0 Å². The zero-order chi connectivity index (χ0) is 7.68. The summed E-state index contributed by atoms with van der Waals surface area (Å²) in [5.41, 5.74) is 0. The van der Waals surface area contributed by atoms with Crippen LogP contribution in [0.15, 0.2) is 0 Å². The number of rotatable bonds is 1. The first-order valence-corrected chi connectivity index (χ1v) is 5.13. The van der Waals surface area contributed by atoms with E-state index in [0.29, 0.717) is 12.0 Å². The number of hydrogen-bond acceptors (Lipinski definition) is 1. The SMILES string of the molecule is ClCC1COC2CCCCC12. The minimum absolute atomic E-state index is 0.562. The van der Waals surface area contributed by atoms with Crippen LogP contribution in [0.25, 0.3) is 0 Å². The van der Waals surface area contributed by atoms with Crippen LogP contribution in [0.4, 0.5) is 0 Å². The number of fused-ring (bicyclic) bond motifs is 1. The maximum atomic E-state index is 5.85. The van der Waals surface area contributed by atoms with Gasteiger partial charge in [0.25, 0.3) is 0 Å². The van der Waals surface area contributed by atoms with E-state index in [2.05, 4.69) is 0 Å². The molecule has 1 saturated carbocycles. The molecule has 1 aliphatic carbocycles. The van der Waals surface area contributed by atoms with Crippen molar-refractivity contribution >= 4 is 11.6 Å². The first-order chi connectivity index (χ1) is 5.42. The van der Waals surface area contributed by atoms with Crippen molar-refractivity contribution in [1.29, 1.82) is 0 Å². The molecule has 3 unspecified atom stereocenters. The molecule has 0 N–H and O–H groups in total. The molecule has 3 atom stereocenters. The summed E-state index contributed by atoms with van der Waals surface area (Å²) in [6.45, 7) is 0.916. The van der Waals surface area contributed by atoms with Crippen molar-refractivity contribution in [1.82, 2.24) is 0 Å².